The van der Waals surface area contributed by atoms with Crippen molar-refractivity contribution in [3.63, 3.8) is 0 Å². The number of methoxy groups -OCH3 is 1. The maximum absolute atomic E-state index is 13.0. The minimum atomic E-state index is -0.253. The highest BCUT2D eigenvalue weighted by Crippen LogP contribution is 2.22. The number of imidazole rings is 1. The van der Waals surface area contributed by atoms with Crippen molar-refractivity contribution in [1.29, 1.82) is 0 Å². The first-order valence-corrected chi connectivity index (χ1v) is 12.6. The molecule has 0 saturated carbocycles. The summed E-state index contributed by atoms with van der Waals surface area (Å²) in [6.45, 7) is 7.93. The minimum absolute atomic E-state index is 0.0636. The van der Waals surface area contributed by atoms with E-state index in [9.17, 15) is 9.59 Å². The van der Waals surface area contributed by atoms with Gasteiger partial charge >= 0.3 is 0 Å². The first kappa shape index (κ1) is 26.1. The summed E-state index contributed by atoms with van der Waals surface area (Å²) in [5.41, 5.74) is 1.96. The fraction of sp³-hybridized carbons (Fsp3) is 0.444. The number of hydrogen-bond donors (Lipinski definition) is 1. The van der Waals surface area contributed by atoms with E-state index in [-0.39, 0.29) is 30.2 Å². The number of rotatable bonds is 9. The molecule has 10 heteroatoms. The van der Waals surface area contributed by atoms with Crippen LogP contribution in [-0.4, -0.2) is 75.6 Å². The van der Waals surface area contributed by atoms with Gasteiger partial charge in [0.05, 0.1) is 13.2 Å². The van der Waals surface area contributed by atoms with Crippen LogP contribution in [0, 0.1) is 12.8 Å². The van der Waals surface area contributed by atoms with Crippen molar-refractivity contribution in [2.45, 2.75) is 39.7 Å². The van der Waals surface area contributed by atoms with Gasteiger partial charge in [0.25, 0.3) is 0 Å². The third kappa shape index (κ3) is 6.63. The van der Waals surface area contributed by atoms with Gasteiger partial charge < -0.3 is 19.9 Å². The van der Waals surface area contributed by atoms with Crippen LogP contribution in [0.25, 0.3) is 5.95 Å². The lowest BCUT2D eigenvalue weighted by molar-refractivity contribution is -0.138. The molecule has 0 bridgehead atoms. The minimum Gasteiger partial charge on any atom is -0.497 e. The third-order valence-corrected chi connectivity index (χ3v) is 6.46. The Balaban J connectivity index is 1.43. The van der Waals surface area contributed by atoms with Crippen molar-refractivity contribution >= 4 is 17.6 Å². The summed E-state index contributed by atoms with van der Waals surface area (Å²) >= 11 is 0. The lowest BCUT2D eigenvalue weighted by Crippen LogP contribution is -2.57. The van der Waals surface area contributed by atoms with Gasteiger partial charge in [0, 0.05) is 62.7 Å². The van der Waals surface area contributed by atoms with E-state index in [4.69, 9.17) is 9.72 Å². The zero-order chi connectivity index (χ0) is 26.4. The Morgan fingerprint density at radius 3 is 2.62 bits per heavy atom. The van der Waals surface area contributed by atoms with E-state index in [2.05, 4.69) is 20.2 Å². The summed E-state index contributed by atoms with van der Waals surface area (Å²) in [6, 6.07) is 9.50. The molecule has 1 aromatic carbocycles. The molecule has 0 radical (unpaired) electrons. The second kappa shape index (κ2) is 11.9. The van der Waals surface area contributed by atoms with Gasteiger partial charge in [-0.2, -0.15) is 4.98 Å². The normalized spacial score (nSPS) is 15.6. The van der Waals surface area contributed by atoms with Crippen LogP contribution >= 0.6 is 0 Å². The number of aryl methyl sites for hydroxylation is 1. The monoisotopic (exact) mass is 505 g/mol. The molecule has 1 aliphatic rings. The molecule has 3 aromatic rings. The average Bonchev–Trinajstić information content (AvgIpc) is 3.43. The second-order valence-corrected chi connectivity index (χ2v) is 9.58. The molecular formula is C27H35N7O3. The number of ether oxygens (including phenoxy) is 1. The largest absolute Gasteiger partial charge is 0.497 e. The summed E-state index contributed by atoms with van der Waals surface area (Å²) in [5, 5.41) is 3.02. The van der Waals surface area contributed by atoms with Crippen molar-refractivity contribution in [1.82, 2.24) is 29.7 Å². The maximum atomic E-state index is 13.0. The summed E-state index contributed by atoms with van der Waals surface area (Å²) < 4.78 is 6.96. The molecule has 37 heavy (non-hydrogen) atoms. The van der Waals surface area contributed by atoms with Gasteiger partial charge in [-0.15, -0.1) is 0 Å². The van der Waals surface area contributed by atoms with Crippen LogP contribution in [0.15, 0.2) is 49.1 Å². The summed E-state index contributed by atoms with van der Waals surface area (Å²) in [7, 11) is 1.64. The zero-order valence-corrected chi connectivity index (χ0v) is 21.9. The Bertz CT molecular complexity index is 1200. The Kier molecular flexibility index (Phi) is 8.37. The van der Waals surface area contributed by atoms with Crippen LogP contribution < -0.4 is 15.0 Å². The fourth-order valence-electron chi connectivity index (χ4n) is 4.48. The topological polar surface area (TPSA) is 105 Å². The van der Waals surface area contributed by atoms with Crippen LogP contribution in [0.1, 0.15) is 31.5 Å². The molecule has 0 aliphatic carbocycles. The number of hydrogen-bond acceptors (Lipinski definition) is 7. The van der Waals surface area contributed by atoms with Crippen molar-refractivity contribution < 1.29 is 14.3 Å². The molecule has 1 atom stereocenters. The van der Waals surface area contributed by atoms with E-state index in [1.807, 2.05) is 56.0 Å². The van der Waals surface area contributed by atoms with E-state index >= 15 is 0 Å². The molecule has 3 heterocycles. The number of carbonyl (C=O) groups excluding carboxylic acids is 2. The average molecular weight is 506 g/mol. The van der Waals surface area contributed by atoms with Crippen molar-refractivity contribution in [3.05, 3.63) is 60.3 Å². The van der Waals surface area contributed by atoms with E-state index < -0.39 is 0 Å². The summed E-state index contributed by atoms with van der Waals surface area (Å²) in [4.78, 5) is 43.2. The van der Waals surface area contributed by atoms with E-state index in [1.54, 1.807) is 30.4 Å². The maximum Gasteiger partial charge on any atom is 0.237 e. The van der Waals surface area contributed by atoms with E-state index in [1.165, 1.54) is 0 Å². The van der Waals surface area contributed by atoms with Crippen LogP contribution in [0.5, 0.6) is 5.75 Å². The van der Waals surface area contributed by atoms with Crippen LogP contribution in [0.3, 0.4) is 0 Å². The predicted molar refractivity (Wildman–Crippen MR) is 141 cm³/mol. The van der Waals surface area contributed by atoms with Gasteiger partial charge in [-0.05, 0) is 31.0 Å². The molecule has 4 rings (SSSR count). The SMILES string of the molecule is COc1ccc(CCNC(=O)CC2CN(c3cc(C)nc(-n4ccnc4)n3)CCN2C(=O)C(C)C)cc1. The fourth-order valence-corrected chi connectivity index (χ4v) is 4.48. The highest BCUT2D eigenvalue weighted by molar-refractivity contribution is 5.81. The number of piperazine rings is 1. The molecule has 196 valence electrons. The molecule has 1 saturated heterocycles. The number of nitrogens with one attached hydrogen (secondary N) is 1. The van der Waals surface area contributed by atoms with Gasteiger partial charge in [-0.25, -0.2) is 9.97 Å². The summed E-state index contributed by atoms with van der Waals surface area (Å²) in [6.07, 6.45) is 6.10. The Labute approximate surface area is 217 Å². The van der Waals surface area contributed by atoms with Gasteiger partial charge in [0.1, 0.15) is 17.9 Å². The quantitative estimate of drug-likeness (QED) is 0.476. The number of nitrogens with zero attached hydrogens (tertiary/aromatic N) is 6. The van der Waals surface area contributed by atoms with Gasteiger partial charge in [0.15, 0.2) is 0 Å². The lowest BCUT2D eigenvalue weighted by atomic mass is 10.0. The van der Waals surface area contributed by atoms with Crippen molar-refractivity contribution in [2.75, 3.05) is 38.2 Å². The molecule has 10 nitrogen and oxygen atoms in total. The van der Waals surface area contributed by atoms with Crippen LogP contribution in [0.2, 0.25) is 0 Å². The number of benzene rings is 1. The van der Waals surface area contributed by atoms with E-state index in [0.717, 1.165) is 29.2 Å². The number of amides is 2. The molecule has 2 amide bonds. The predicted octanol–water partition coefficient (Wildman–Crippen LogP) is 2.40. The smallest absolute Gasteiger partial charge is 0.237 e. The third-order valence-electron chi connectivity index (χ3n) is 6.46. The molecule has 2 aromatic heterocycles. The van der Waals surface area contributed by atoms with Crippen LogP contribution in [0.4, 0.5) is 5.82 Å². The standard InChI is InChI=1S/C27H35N7O3/c1-19(2)26(36)34-14-13-32(24-15-20(3)30-27(31-24)33-12-11-28-18-33)17-22(34)16-25(35)29-10-9-21-5-7-23(37-4)8-6-21/h5-8,11-12,15,18-19,22H,9-10,13-14,16-17H2,1-4H3,(H,29,35). The Hall–Kier alpha value is -3.95. The number of carbonyl (C=O) groups is 2. The molecule has 1 fully saturated rings. The molecule has 1 unspecified atom stereocenters. The lowest BCUT2D eigenvalue weighted by Gasteiger charge is -2.42. The highest BCUT2D eigenvalue weighted by atomic mass is 16.5. The Morgan fingerprint density at radius 1 is 1.16 bits per heavy atom. The highest BCUT2D eigenvalue weighted by Gasteiger charge is 2.33. The van der Waals surface area contributed by atoms with Crippen LogP contribution in [-0.2, 0) is 16.0 Å². The second-order valence-electron chi connectivity index (χ2n) is 9.58. The molecule has 1 N–H and O–H groups in total. The zero-order valence-electron chi connectivity index (χ0n) is 21.9. The Morgan fingerprint density at radius 2 is 1.95 bits per heavy atom. The number of aromatic nitrogens is 4. The van der Waals surface area contributed by atoms with Gasteiger partial charge in [-0.3, -0.25) is 14.2 Å². The molecule has 0 spiro atoms. The van der Waals surface area contributed by atoms with Crippen molar-refractivity contribution in [3.8, 4) is 11.7 Å². The van der Waals surface area contributed by atoms with Crippen molar-refractivity contribution in [2.24, 2.45) is 5.92 Å². The van der Waals surface area contributed by atoms with Gasteiger partial charge in [0.2, 0.25) is 17.8 Å². The van der Waals surface area contributed by atoms with Gasteiger partial charge in [-0.1, -0.05) is 26.0 Å². The molecular weight excluding hydrogens is 470 g/mol. The first-order valence-electron chi connectivity index (χ1n) is 12.6. The first-order chi connectivity index (χ1) is 17.8. The van der Waals surface area contributed by atoms with E-state index in [0.29, 0.717) is 32.1 Å². The number of anilines is 1. The summed E-state index contributed by atoms with van der Waals surface area (Å²) in [5.74, 6) is 1.98. The molecule has 1 aliphatic heterocycles.